The summed E-state index contributed by atoms with van der Waals surface area (Å²) in [6, 6.07) is 35.4. The molecule has 0 aliphatic heterocycles. The van der Waals surface area contributed by atoms with Crippen LogP contribution >= 0.6 is 0 Å². The van der Waals surface area contributed by atoms with Crippen molar-refractivity contribution in [2.75, 3.05) is 0 Å². The van der Waals surface area contributed by atoms with Crippen LogP contribution in [0.2, 0.25) is 6.04 Å². The quantitative estimate of drug-likeness (QED) is 0.146. The van der Waals surface area contributed by atoms with Crippen LogP contribution in [0.1, 0.15) is 71.1 Å². The fraction of sp³-hybridized carbons (Fsp3) is 0.400. The maximum atomic E-state index is 2.38. The summed E-state index contributed by atoms with van der Waals surface area (Å²) in [6.45, 7) is 2.30. The van der Waals surface area contributed by atoms with Crippen LogP contribution in [0.4, 0.5) is 0 Å². The average Bonchev–Trinajstić information content (AvgIpc) is 2.84. The molecule has 0 fully saturated rings. The molecule has 0 heterocycles. The second-order valence-corrected chi connectivity index (χ2v) is 13.0. The van der Waals surface area contributed by atoms with Gasteiger partial charge in [0.15, 0.2) is 0 Å². The van der Waals surface area contributed by atoms with E-state index in [1.165, 1.54) is 70.3 Å². The topological polar surface area (TPSA) is 0 Å². The highest BCUT2D eigenvalue weighted by Crippen LogP contribution is 2.19. The van der Waals surface area contributed by atoms with E-state index in [-0.39, 0.29) is 0 Å². The van der Waals surface area contributed by atoms with Crippen molar-refractivity contribution < 1.29 is 0 Å². The first-order valence-electron chi connectivity index (χ1n) is 12.5. The minimum absolute atomic E-state index is 1.29. The van der Waals surface area contributed by atoms with E-state index in [4.69, 9.17) is 0 Å². The summed E-state index contributed by atoms with van der Waals surface area (Å²) in [6.07, 6.45) is 13.9. The molecule has 3 aromatic rings. The van der Waals surface area contributed by atoms with Crippen LogP contribution in [0, 0.1) is 0 Å². The van der Waals surface area contributed by atoms with Gasteiger partial charge in [-0.1, -0.05) is 162 Å². The summed E-state index contributed by atoms with van der Waals surface area (Å²) in [4.78, 5) is 0. The number of rotatable bonds is 14. The van der Waals surface area contributed by atoms with Crippen LogP contribution in [-0.4, -0.2) is 8.07 Å². The molecule has 0 spiro atoms. The van der Waals surface area contributed by atoms with Gasteiger partial charge < -0.3 is 0 Å². The summed E-state index contributed by atoms with van der Waals surface area (Å²) in [5.41, 5.74) is 0. The highest BCUT2D eigenvalue weighted by atomic mass is 28.3. The van der Waals surface area contributed by atoms with E-state index in [0.29, 0.717) is 0 Å². The summed E-state index contributed by atoms with van der Waals surface area (Å²) in [5.74, 6) is 0. The molecule has 0 unspecified atom stereocenters. The van der Waals surface area contributed by atoms with E-state index in [1.807, 2.05) is 0 Å². The van der Waals surface area contributed by atoms with Gasteiger partial charge in [-0.05, 0) is 21.6 Å². The summed E-state index contributed by atoms with van der Waals surface area (Å²) >= 11 is 0. The lowest BCUT2D eigenvalue weighted by Crippen LogP contribution is -2.66. The van der Waals surface area contributed by atoms with Gasteiger partial charge in [-0.2, -0.15) is 0 Å². The second-order valence-electron chi connectivity index (χ2n) is 8.94. The molecule has 3 aromatic carbocycles. The Morgan fingerprint density at radius 2 is 0.742 bits per heavy atom. The Morgan fingerprint density at radius 1 is 0.419 bits per heavy atom. The van der Waals surface area contributed by atoms with Gasteiger partial charge in [-0.15, -0.1) is 0 Å². The Kier molecular flexibility index (Phi) is 10.1. The van der Waals surface area contributed by atoms with Gasteiger partial charge in [-0.25, -0.2) is 0 Å². The molecule has 0 aliphatic rings. The molecular weight excluding hydrogens is 388 g/mol. The van der Waals surface area contributed by atoms with Crippen molar-refractivity contribution >= 4 is 23.6 Å². The molecule has 0 aromatic heterocycles. The fourth-order valence-corrected chi connectivity index (χ4v) is 9.91. The maximum Gasteiger partial charge on any atom is 0.148 e. The van der Waals surface area contributed by atoms with Crippen LogP contribution < -0.4 is 15.6 Å². The van der Waals surface area contributed by atoms with Crippen molar-refractivity contribution in [3.8, 4) is 0 Å². The van der Waals surface area contributed by atoms with E-state index in [2.05, 4.69) is 97.9 Å². The lowest BCUT2D eigenvalue weighted by molar-refractivity contribution is 0.562. The Labute approximate surface area is 191 Å². The van der Waals surface area contributed by atoms with Crippen molar-refractivity contribution in [1.82, 2.24) is 0 Å². The van der Waals surface area contributed by atoms with Crippen LogP contribution in [0.3, 0.4) is 0 Å². The zero-order valence-electron chi connectivity index (χ0n) is 19.4. The van der Waals surface area contributed by atoms with Crippen LogP contribution in [-0.2, 0) is 0 Å². The third-order valence-electron chi connectivity index (χ3n) is 6.71. The molecule has 31 heavy (non-hydrogen) atoms. The van der Waals surface area contributed by atoms with E-state index in [9.17, 15) is 0 Å². The molecule has 0 nitrogen and oxygen atoms in total. The molecule has 0 saturated carbocycles. The van der Waals surface area contributed by atoms with Crippen LogP contribution in [0.15, 0.2) is 91.0 Å². The number of unbranched alkanes of at least 4 members (excludes halogenated alkanes) is 9. The second kappa shape index (κ2) is 13.3. The predicted molar refractivity (Wildman–Crippen MR) is 141 cm³/mol. The summed E-state index contributed by atoms with van der Waals surface area (Å²) < 4.78 is 0. The maximum absolute atomic E-state index is 2.38. The Hall–Kier alpha value is -2.12. The predicted octanol–water partition coefficient (Wildman–Crippen LogP) is 7.08. The number of hydrogen-bond donors (Lipinski definition) is 0. The van der Waals surface area contributed by atoms with Gasteiger partial charge in [0.05, 0.1) is 0 Å². The molecule has 164 valence electrons. The molecule has 0 amide bonds. The van der Waals surface area contributed by atoms with Gasteiger partial charge in [0.1, 0.15) is 8.07 Å². The largest absolute Gasteiger partial charge is 0.148 e. The average molecular weight is 429 g/mol. The van der Waals surface area contributed by atoms with Crippen molar-refractivity contribution in [2.45, 2.75) is 77.2 Å². The van der Waals surface area contributed by atoms with Gasteiger partial charge in [-0.3, -0.25) is 0 Å². The Balaban J connectivity index is 1.70. The normalized spacial score (nSPS) is 11.5. The van der Waals surface area contributed by atoms with Gasteiger partial charge in [0.25, 0.3) is 0 Å². The first kappa shape index (κ1) is 23.5. The van der Waals surface area contributed by atoms with E-state index in [1.54, 1.807) is 15.6 Å². The highest BCUT2D eigenvalue weighted by molar-refractivity contribution is 7.11. The minimum Gasteiger partial charge on any atom is -0.0654 e. The van der Waals surface area contributed by atoms with Crippen molar-refractivity contribution in [3.05, 3.63) is 91.0 Å². The lowest BCUT2D eigenvalue weighted by atomic mass is 10.1. The lowest BCUT2D eigenvalue weighted by Gasteiger charge is -2.34. The number of benzene rings is 3. The number of hydrogen-bond acceptors (Lipinski definition) is 0. The standard InChI is InChI=1S/C30H40Si/c1-2-3-4-5-6-7-8-9-10-20-27-31(28-21-14-11-15-22-28,29-23-16-12-17-24-29)30-25-18-13-19-26-30/h11-19,21-26H,2-10,20,27H2,1H3. The summed E-state index contributed by atoms with van der Waals surface area (Å²) in [5, 5.41) is 4.63. The van der Waals surface area contributed by atoms with Gasteiger partial charge >= 0.3 is 0 Å². The smallest absolute Gasteiger partial charge is 0.0654 e. The minimum atomic E-state index is -2.01. The van der Waals surface area contributed by atoms with Crippen molar-refractivity contribution in [1.29, 1.82) is 0 Å². The first-order valence-corrected chi connectivity index (χ1v) is 14.7. The molecule has 0 radical (unpaired) electrons. The van der Waals surface area contributed by atoms with Crippen LogP contribution in [0.5, 0.6) is 0 Å². The van der Waals surface area contributed by atoms with Crippen LogP contribution in [0.25, 0.3) is 0 Å². The molecule has 1 heteroatoms. The van der Waals surface area contributed by atoms with Crippen molar-refractivity contribution in [3.63, 3.8) is 0 Å². The van der Waals surface area contributed by atoms with Gasteiger partial charge in [0, 0.05) is 0 Å². The molecule has 0 aliphatic carbocycles. The van der Waals surface area contributed by atoms with E-state index >= 15 is 0 Å². The monoisotopic (exact) mass is 428 g/mol. The van der Waals surface area contributed by atoms with Crippen molar-refractivity contribution in [2.24, 2.45) is 0 Å². The van der Waals surface area contributed by atoms with E-state index in [0.717, 1.165) is 0 Å². The zero-order valence-corrected chi connectivity index (χ0v) is 20.4. The summed E-state index contributed by atoms with van der Waals surface area (Å²) in [7, 11) is -2.01. The van der Waals surface area contributed by atoms with E-state index < -0.39 is 8.07 Å². The highest BCUT2D eigenvalue weighted by Gasteiger charge is 2.38. The third-order valence-corrected chi connectivity index (χ3v) is 11.8. The molecule has 0 N–H and O–H groups in total. The molecule has 0 bridgehead atoms. The first-order chi connectivity index (χ1) is 15.4. The molecule has 3 rings (SSSR count). The SMILES string of the molecule is CCCCCCCCCCCC[Si](c1ccccc1)(c1ccccc1)c1ccccc1. The third kappa shape index (κ3) is 6.68. The Morgan fingerprint density at radius 3 is 1.10 bits per heavy atom. The molecular formula is C30H40Si. The zero-order chi connectivity index (χ0) is 21.6. The Bertz CT molecular complexity index is 729. The molecule has 0 atom stereocenters. The molecule has 0 saturated heterocycles. The van der Waals surface area contributed by atoms with Gasteiger partial charge in [0.2, 0.25) is 0 Å². The fourth-order valence-electron chi connectivity index (χ4n) is 4.98.